The summed E-state index contributed by atoms with van der Waals surface area (Å²) in [5.41, 5.74) is 8.00. The van der Waals surface area contributed by atoms with Crippen molar-refractivity contribution in [1.29, 1.82) is 0 Å². The van der Waals surface area contributed by atoms with E-state index in [4.69, 9.17) is 5.73 Å². The Bertz CT molecular complexity index is 883. The summed E-state index contributed by atoms with van der Waals surface area (Å²) in [5.74, 6) is -1.72. The van der Waals surface area contributed by atoms with E-state index in [1.807, 2.05) is 36.7 Å². The van der Waals surface area contributed by atoms with Crippen LogP contribution in [0.5, 0.6) is 0 Å². The lowest BCUT2D eigenvalue weighted by Crippen LogP contribution is -2.55. The number of fused-ring (bicyclic) bond motifs is 1. The van der Waals surface area contributed by atoms with Crippen molar-refractivity contribution in [2.45, 2.75) is 44.8 Å². The molecule has 0 bridgehead atoms. The number of amides is 2. The standard InChI is InChI=1S/C21H30N4O4S/c1-12(2)18(21(28)29)25-20(27)17(8-9-30-3)24-19(26)15(22)10-13-11-23-16-7-5-4-6-14(13)16/h4-7,11-12,15,17-18,23H,8-10,22H2,1-3H3,(H,24,26)(H,25,27)(H,28,29)/t15-,17-,18-/m0/s1. The summed E-state index contributed by atoms with van der Waals surface area (Å²) >= 11 is 1.54. The van der Waals surface area contributed by atoms with Crippen molar-refractivity contribution in [1.82, 2.24) is 15.6 Å². The molecule has 2 rings (SSSR count). The Kier molecular flexibility index (Phi) is 8.73. The molecule has 1 aromatic carbocycles. The number of carboxylic acid groups (broad SMARTS) is 1. The minimum atomic E-state index is -1.11. The van der Waals surface area contributed by atoms with E-state index in [1.54, 1.807) is 13.8 Å². The fourth-order valence-electron chi connectivity index (χ4n) is 3.18. The molecule has 1 aromatic heterocycles. The molecule has 0 unspecified atom stereocenters. The summed E-state index contributed by atoms with van der Waals surface area (Å²) in [7, 11) is 0. The summed E-state index contributed by atoms with van der Waals surface area (Å²) in [5, 5.41) is 15.6. The number of nitrogens with two attached hydrogens (primary N) is 1. The predicted molar refractivity (Wildman–Crippen MR) is 119 cm³/mol. The highest BCUT2D eigenvalue weighted by Gasteiger charge is 2.29. The lowest BCUT2D eigenvalue weighted by atomic mass is 10.0. The third kappa shape index (κ3) is 6.24. The molecule has 3 atom stereocenters. The highest BCUT2D eigenvalue weighted by Crippen LogP contribution is 2.18. The van der Waals surface area contributed by atoms with Crippen molar-refractivity contribution in [2.24, 2.45) is 11.7 Å². The number of para-hydroxylation sites is 1. The smallest absolute Gasteiger partial charge is 0.326 e. The Morgan fingerprint density at radius 1 is 1.17 bits per heavy atom. The van der Waals surface area contributed by atoms with E-state index in [0.717, 1.165) is 16.5 Å². The van der Waals surface area contributed by atoms with Crippen molar-refractivity contribution < 1.29 is 19.5 Å². The number of aliphatic carboxylic acids is 1. The topological polar surface area (TPSA) is 137 Å². The van der Waals surface area contributed by atoms with Gasteiger partial charge in [0.05, 0.1) is 6.04 Å². The Morgan fingerprint density at radius 3 is 2.50 bits per heavy atom. The summed E-state index contributed by atoms with van der Waals surface area (Å²) in [6.07, 6.45) is 4.42. The Morgan fingerprint density at radius 2 is 1.87 bits per heavy atom. The maximum atomic E-state index is 12.7. The number of hydrogen-bond acceptors (Lipinski definition) is 5. The van der Waals surface area contributed by atoms with Gasteiger partial charge in [0.2, 0.25) is 11.8 Å². The first kappa shape index (κ1) is 23.8. The fourth-order valence-corrected chi connectivity index (χ4v) is 3.65. The van der Waals surface area contributed by atoms with Gasteiger partial charge in [-0.2, -0.15) is 11.8 Å². The largest absolute Gasteiger partial charge is 0.480 e. The first-order valence-electron chi connectivity index (χ1n) is 9.87. The quantitative estimate of drug-likeness (QED) is 0.363. The second kappa shape index (κ2) is 11.0. The third-order valence-electron chi connectivity index (χ3n) is 4.93. The van der Waals surface area contributed by atoms with Crippen LogP contribution < -0.4 is 16.4 Å². The molecule has 2 aromatic rings. The van der Waals surface area contributed by atoms with Crippen LogP contribution in [0.25, 0.3) is 10.9 Å². The van der Waals surface area contributed by atoms with E-state index in [0.29, 0.717) is 18.6 Å². The van der Waals surface area contributed by atoms with Crippen molar-refractivity contribution in [3.05, 3.63) is 36.0 Å². The molecule has 0 aliphatic rings. The van der Waals surface area contributed by atoms with Crippen molar-refractivity contribution in [3.8, 4) is 0 Å². The van der Waals surface area contributed by atoms with Gasteiger partial charge in [0.25, 0.3) is 0 Å². The zero-order valence-corrected chi connectivity index (χ0v) is 18.3. The number of aromatic amines is 1. The van der Waals surface area contributed by atoms with Crippen LogP contribution >= 0.6 is 11.8 Å². The van der Waals surface area contributed by atoms with Gasteiger partial charge in [0.1, 0.15) is 12.1 Å². The van der Waals surface area contributed by atoms with Gasteiger partial charge in [0.15, 0.2) is 0 Å². The first-order chi connectivity index (χ1) is 14.2. The molecular weight excluding hydrogens is 404 g/mol. The normalized spacial score (nSPS) is 14.3. The lowest BCUT2D eigenvalue weighted by molar-refractivity contribution is -0.143. The summed E-state index contributed by atoms with van der Waals surface area (Å²) in [4.78, 5) is 39.9. The summed E-state index contributed by atoms with van der Waals surface area (Å²) in [6, 6.07) is 5.03. The maximum Gasteiger partial charge on any atom is 0.326 e. The van der Waals surface area contributed by atoms with E-state index in [-0.39, 0.29) is 5.92 Å². The van der Waals surface area contributed by atoms with Gasteiger partial charge < -0.3 is 26.5 Å². The summed E-state index contributed by atoms with van der Waals surface area (Å²) < 4.78 is 0. The van der Waals surface area contributed by atoms with Crippen molar-refractivity contribution in [2.75, 3.05) is 12.0 Å². The second-order valence-corrected chi connectivity index (χ2v) is 8.57. The van der Waals surface area contributed by atoms with E-state index in [9.17, 15) is 19.5 Å². The average Bonchev–Trinajstić information content (AvgIpc) is 3.11. The Hall–Kier alpha value is -2.52. The molecule has 0 radical (unpaired) electrons. The molecule has 0 saturated carbocycles. The Labute approximate surface area is 180 Å². The monoisotopic (exact) mass is 434 g/mol. The minimum Gasteiger partial charge on any atom is -0.480 e. The number of benzene rings is 1. The molecular formula is C21H30N4O4S. The highest BCUT2D eigenvalue weighted by atomic mass is 32.2. The zero-order valence-electron chi connectivity index (χ0n) is 17.5. The number of hydrogen-bond donors (Lipinski definition) is 5. The number of aromatic nitrogens is 1. The van der Waals surface area contributed by atoms with Gasteiger partial charge in [0, 0.05) is 17.1 Å². The number of thioether (sulfide) groups is 1. The molecule has 8 nitrogen and oxygen atoms in total. The highest BCUT2D eigenvalue weighted by molar-refractivity contribution is 7.98. The van der Waals surface area contributed by atoms with E-state index in [2.05, 4.69) is 15.6 Å². The van der Waals surface area contributed by atoms with Crippen LogP contribution in [0.1, 0.15) is 25.8 Å². The lowest BCUT2D eigenvalue weighted by Gasteiger charge is -2.24. The molecule has 0 aliphatic carbocycles. The van der Waals surface area contributed by atoms with Crippen LogP contribution in [0.3, 0.4) is 0 Å². The number of carbonyl (C=O) groups excluding carboxylic acids is 2. The number of H-pyrrole nitrogens is 1. The van der Waals surface area contributed by atoms with Crippen LogP contribution in [0, 0.1) is 5.92 Å². The van der Waals surface area contributed by atoms with Crippen LogP contribution in [0.4, 0.5) is 0 Å². The predicted octanol–water partition coefficient (Wildman–Crippen LogP) is 1.50. The minimum absolute atomic E-state index is 0.285. The molecule has 1 heterocycles. The van der Waals surface area contributed by atoms with Gasteiger partial charge in [-0.05, 0) is 42.4 Å². The summed E-state index contributed by atoms with van der Waals surface area (Å²) in [6.45, 7) is 3.43. The molecule has 0 spiro atoms. The fraction of sp³-hybridized carbons (Fsp3) is 0.476. The Balaban J connectivity index is 2.05. The van der Waals surface area contributed by atoms with Crippen LogP contribution in [0.2, 0.25) is 0 Å². The van der Waals surface area contributed by atoms with Gasteiger partial charge in [-0.3, -0.25) is 9.59 Å². The SMILES string of the molecule is CSCC[C@H](NC(=O)[C@@H](N)Cc1c[nH]c2ccccc12)C(=O)N[C@H](C(=O)O)C(C)C. The van der Waals surface area contributed by atoms with E-state index in [1.165, 1.54) is 11.8 Å². The second-order valence-electron chi connectivity index (χ2n) is 7.58. The molecule has 9 heteroatoms. The van der Waals surface area contributed by atoms with Gasteiger partial charge in [-0.25, -0.2) is 4.79 Å². The molecule has 0 saturated heterocycles. The van der Waals surface area contributed by atoms with Crippen molar-refractivity contribution >= 4 is 40.4 Å². The number of rotatable bonds is 11. The molecule has 164 valence electrons. The zero-order chi connectivity index (χ0) is 22.3. The third-order valence-corrected chi connectivity index (χ3v) is 5.57. The first-order valence-corrected chi connectivity index (χ1v) is 11.3. The van der Waals surface area contributed by atoms with Crippen LogP contribution in [-0.2, 0) is 20.8 Å². The van der Waals surface area contributed by atoms with Crippen LogP contribution in [-0.4, -0.2) is 58.0 Å². The van der Waals surface area contributed by atoms with E-state index >= 15 is 0 Å². The maximum absolute atomic E-state index is 12.7. The average molecular weight is 435 g/mol. The van der Waals surface area contributed by atoms with E-state index < -0.39 is 35.9 Å². The van der Waals surface area contributed by atoms with Crippen molar-refractivity contribution in [3.63, 3.8) is 0 Å². The molecule has 30 heavy (non-hydrogen) atoms. The van der Waals surface area contributed by atoms with Crippen LogP contribution in [0.15, 0.2) is 30.5 Å². The number of nitrogens with one attached hydrogen (secondary N) is 3. The van der Waals surface area contributed by atoms with Gasteiger partial charge in [-0.15, -0.1) is 0 Å². The van der Waals surface area contributed by atoms with Gasteiger partial charge >= 0.3 is 5.97 Å². The molecule has 6 N–H and O–H groups in total. The molecule has 0 fully saturated rings. The number of carbonyl (C=O) groups is 3. The van der Waals surface area contributed by atoms with Gasteiger partial charge in [-0.1, -0.05) is 32.0 Å². The number of carboxylic acids is 1. The molecule has 0 aliphatic heterocycles. The molecule has 2 amide bonds.